The second-order valence-electron chi connectivity index (χ2n) is 3.12. The van der Waals surface area contributed by atoms with Crippen molar-refractivity contribution in [3.63, 3.8) is 0 Å². The summed E-state index contributed by atoms with van der Waals surface area (Å²) in [6, 6.07) is 3.71. The molecule has 5 nitrogen and oxygen atoms in total. The van der Waals surface area contributed by atoms with E-state index in [1.54, 1.807) is 0 Å². The van der Waals surface area contributed by atoms with Gasteiger partial charge in [0, 0.05) is 13.6 Å². The highest BCUT2D eigenvalue weighted by atomic mass is 32.1. The minimum Gasteiger partial charge on any atom is -0.391 e. The first-order chi connectivity index (χ1) is 7.20. The van der Waals surface area contributed by atoms with E-state index in [2.05, 4.69) is 10.1 Å². The van der Waals surface area contributed by atoms with Crippen LogP contribution < -0.4 is 10.6 Å². The summed E-state index contributed by atoms with van der Waals surface area (Å²) in [6.07, 6.45) is 0. The first-order valence-corrected chi connectivity index (χ1v) is 5.43. The molecule has 0 aromatic carbocycles. The normalized spacial score (nSPS) is 10.5. The standard InChI is InChI=1S/C9H12N4OS/c1-3-13(2)9-11-8(14-12-9)6-4-5-7(10)15-6/h4-5H,3,10H2,1-2H3. The fourth-order valence-electron chi connectivity index (χ4n) is 1.08. The molecule has 0 atom stereocenters. The molecule has 0 bridgehead atoms. The maximum atomic E-state index is 5.63. The molecule has 2 aromatic heterocycles. The van der Waals surface area contributed by atoms with Crippen LogP contribution in [0.5, 0.6) is 0 Å². The molecule has 0 radical (unpaired) electrons. The zero-order valence-electron chi connectivity index (χ0n) is 8.60. The summed E-state index contributed by atoms with van der Waals surface area (Å²) in [5.41, 5.74) is 5.63. The predicted octanol–water partition coefficient (Wildman–Crippen LogP) is 1.84. The summed E-state index contributed by atoms with van der Waals surface area (Å²) >= 11 is 1.44. The molecule has 2 rings (SSSR count). The molecule has 2 heterocycles. The van der Waals surface area contributed by atoms with E-state index >= 15 is 0 Å². The SMILES string of the molecule is CCN(C)c1noc(-c2ccc(N)s2)n1. The van der Waals surface area contributed by atoms with Gasteiger partial charge in [-0.05, 0) is 24.2 Å². The third kappa shape index (κ3) is 1.94. The lowest BCUT2D eigenvalue weighted by Crippen LogP contribution is -2.16. The van der Waals surface area contributed by atoms with E-state index in [1.807, 2.05) is 31.0 Å². The van der Waals surface area contributed by atoms with Crippen LogP contribution in [-0.2, 0) is 0 Å². The van der Waals surface area contributed by atoms with Gasteiger partial charge in [0.1, 0.15) is 0 Å². The summed E-state index contributed by atoms with van der Waals surface area (Å²) in [5.74, 6) is 1.12. The molecule has 0 aliphatic heterocycles. The molecule has 0 fully saturated rings. The minimum atomic E-state index is 0.520. The van der Waals surface area contributed by atoms with Crippen molar-refractivity contribution in [2.24, 2.45) is 0 Å². The summed E-state index contributed by atoms with van der Waals surface area (Å²) in [6.45, 7) is 2.87. The van der Waals surface area contributed by atoms with E-state index in [4.69, 9.17) is 10.3 Å². The molecule has 2 N–H and O–H groups in total. The van der Waals surface area contributed by atoms with Crippen molar-refractivity contribution >= 4 is 22.3 Å². The Morgan fingerprint density at radius 2 is 2.33 bits per heavy atom. The van der Waals surface area contributed by atoms with Crippen LogP contribution in [0.2, 0.25) is 0 Å². The largest absolute Gasteiger partial charge is 0.391 e. The van der Waals surface area contributed by atoms with Gasteiger partial charge in [-0.2, -0.15) is 4.98 Å². The molecule has 6 heteroatoms. The van der Waals surface area contributed by atoms with Gasteiger partial charge >= 0.3 is 0 Å². The number of hydrogen-bond acceptors (Lipinski definition) is 6. The smallest absolute Gasteiger partial charge is 0.269 e. The highest BCUT2D eigenvalue weighted by Gasteiger charge is 2.12. The maximum Gasteiger partial charge on any atom is 0.269 e. The molecule has 0 amide bonds. The van der Waals surface area contributed by atoms with Crippen molar-refractivity contribution in [3.05, 3.63) is 12.1 Å². The van der Waals surface area contributed by atoms with Crippen LogP contribution in [0, 0.1) is 0 Å². The highest BCUT2D eigenvalue weighted by molar-refractivity contribution is 7.19. The van der Waals surface area contributed by atoms with Crippen molar-refractivity contribution in [1.82, 2.24) is 10.1 Å². The van der Waals surface area contributed by atoms with Gasteiger partial charge in [0.15, 0.2) is 0 Å². The number of nitrogens with two attached hydrogens (primary N) is 1. The van der Waals surface area contributed by atoms with E-state index in [1.165, 1.54) is 11.3 Å². The van der Waals surface area contributed by atoms with E-state index in [-0.39, 0.29) is 0 Å². The lowest BCUT2D eigenvalue weighted by molar-refractivity contribution is 0.431. The van der Waals surface area contributed by atoms with E-state index < -0.39 is 0 Å². The number of rotatable bonds is 3. The lowest BCUT2D eigenvalue weighted by atomic mass is 10.5. The Labute approximate surface area is 91.5 Å². The number of nitrogens with zero attached hydrogens (tertiary/aromatic N) is 3. The molecule has 0 aliphatic carbocycles. The van der Waals surface area contributed by atoms with Gasteiger partial charge in [-0.3, -0.25) is 0 Å². The van der Waals surface area contributed by atoms with Crippen LogP contribution >= 0.6 is 11.3 Å². The lowest BCUT2D eigenvalue weighted by Gasteiger charge is -2.08. The third-order valence-electron chi connectivity index (χ3n) is 2.07. The van der Waals surface area contributed by atoms with Crippen LogP contribution in [0.3, 0.4) is 0 Å². The topological polar surface area (TPSA) is 68.2 Å². The second kappa shape index (κ2) is 3.90. The van der Waals surface area contributed by atoms with Crippen LogP contribution in [0.25, 0.3) is 10.8 Å². The quantitative estimate of drug-likeness (QED) is 0.861. The maximum absolute atomic E-state index is 5.63. The number of thiophene rings is 1. The molecule has 80 valence electrons. The average Bonchev–Trinajstić information content (AvgIpc) is 2.84. The van der Waals surface area contributed by atoms with Gasteiger partial charge in [-0.25, -0.2) is 0 Å². The highest BCUT2D eigenvalue weighted by Crippen LogP contribution is 2.28. The molecular weight excluding hydrogens is 212 g/mol. The van der Waals surface area contributed by atoms with Crippen LogP contribution in [0.1, 0.15) is 6.92 Å². The van der Waals surface area contributed by atoms with Gasteiger partial charge in [0.2, 0.25) is 0 Å². The zero-order chi connectivity index (χ0) is 10.8. The van der Waals surface area contributed by atoms with E-state index in [0.717, 1.165) is 16.4 Å². The van der Waals surface area contributed by atoms with Crippen LogP contribution in [0.4, 0.5) is 10.9 Å². The molecule has 0 saturated carbocycles. The Kier molecular flexibility index (Phi) is 2.59. The van der Waals surface area contributed by atoms with Crippen molar-refractivity contribution in [3.8, 4) is 10.8 Å². The van der Waals surface area contributed by atoms with E-state index in [9.17, 15) is 0 Å². The van der Waals surface area contributed by atoms with Gasteiger partial charge in [-0.15, -0.1) is 11.3 Å². The Bertz CT molecular complexity index is 450. The van der Waals surface area contributed by atoms with Gasteiger partial charge < -0.3 is 15.2 Å². The number of nitrogen functional groups attached to an aromatic ring is 1. The fraction of sp³-hybridized carbons (Fsp3) is 0.333. The number of hydrogen-bond donors (Lipinski definition) is 1. The number of anilines is 2. The molecule has 0 saturated heterocycles. The predicted molar refractivity (Wildman–Crippen MR) is 61.0 cm³/mol. The van der Waals surface area contributed by atoms with Crippen molar-refractivity contribution in [2.45, 2.75) is 6.92 Å². The molecule has 0 unspecified atom stereocenters. The Morgan fingerprint density at radius 3 is 2.93 bits per heavy atom. The summed E-state index contributed by atoms with van der Waals surface area (Å²) < 4.78 is 5.14. The summed E-state index contributed by atoms with van der Waals surface area (Å²) in [4.78, 5) is 7.07. The van der Waals surface area contributed by atoms with Crippen LogP contribution in [0.15, 0.2) is 16.7 Å². The fourth-order valence-corrected chi connectivity index (χ4v) is 1.78. The third-order valence-corrected chi connectivity index (χ3v) is 2.97. The molecule has 0 aliphatic rings. The first-order valence-electron chi connectivity index (χ1n) is 4.61. The Hall–Kier alpha value is -1.56. The molecule has 2 aromatic rings. The summed E-state index contributed by atoms with van der Waals surface area (Å²) in [7, 11) is 1.91. The van der Waals surface area contributed by atoms with Crippen molar-refractivity contribution in [1.29, 1.82) is 0 Å². The van der Waals surface area contributed by atoms with Crippen molar-refractivity contribution < 1.29 is 4.52 Å². The van der Waals surface area contributed by atoms with Gasteiger partial charge in [0.05, 0.1) is 9.88 Å². The Morgan fingerprint density at radius 1 is 1.53 bits per heavy atom. The average molecular weight is 224 g/mol. The van der Waals surface area contributed by atoms with Crippen molar-refractivity contribution in [2.75, 3.05) is 24.2 Å². The van der Waals surface area contributed by atoms with Gasteiger partial charge in [0.25, 0.3) is 11.8 Å². The van der Waals surface area contributed by atoms with Crippen LogP contribution in [-0.4, -0.2) is 23.7 Å². The van der Waals surface area contributed by atoms with Gasteiger partial charge in [-0.1, -0.05) is 0 Å². The van der Waals surface area contributed by atoms with E-state index in [0.29, 0.717) is 11.8 Å². The number of aromatic nitrogens is 2. The zero-order valence-corrected chi connectivity index (χ0v) is 9.41. The molecule has 15 heavy (non-hydrogen) atoms. The molecular formula is C9H12N4OS. The first kappa shape index (κ1) is 9.97. The minimum absolute atomic E-state index is 0.520. The second-order valence-corrected chi connectivity index (χ2v) is 4.23. The Balaban J connectivity index is 2.27. The monoisotopic (exact) mass is 224 g/mol. The summed E-state index contributed by atoms with van der Waals surface area (Å²) in [5, 5.41) is 4.62. The molecule has 0 spiro atoms.